The second-order valence-electron chi connectivity index (χ2n) is 10.4. The quantitative estimate of drug-likeness (QED) is 0.306. The molecule has 0 N–H and O–H groups in total. The van der Waals surface area contributed by atoms with Crippen LogP contribution in [0, 0.1) is 5.82 Å². The van der Waals surface area contributed by atoms with E-state index in [0.29, 0.717) is 36.4 Å². The maximum atomic E-state index is 14.2. The van der Waals surface area contributed by atoms with Crippen LogP contribution in [-0.2, 0) is 14.8 Å². The van der Waals surface area contributed by atoms with Gasteiger partial charge in [-0.3, -0.25) is 4.90 Å². The second-order valence-corrected chi connectivity index (χ2v) is 12.6. The number of likely N-dealkylation sites (N-methyl/N-ethyl adjacent to an activating group) is 1. The van der Waals surface area contributed by atoms with Crippen LogP contribution in [0.5, 0.6) is 0 Å². The van der Waals surface area contributed by atoms with Gasteiger partial charge in [-0.15, -0.1) is 0 Å². The zero-order chi connectivity index (χ0) is 29.0. The summed E-state index contributed by atoms with van der Waals surface area (Å²) in [6.45, 7) is 0.357. The Morgan fingerprint density at radius 3 is 2.46 bits per heavy atom. The number of sulfonamides is 1. The smallest absolute Gasteiger partial charge is 0.413 e. The minimum atomic E-state index is -4.03. The lowest BCUT2D eigenvalue weighted by Gasteiger charge is -2.41. The van der Waals surface area contributed by atoms with Gasteiger partial charge in [0.1, 0.15) is 12.4 Å². The van der Waals surface area contributed by atoms with Crippen molar-refractivity contribution in [3.8, 4) is 0 Å². The summed E-state index contributed by atoms with van der Waals surface area (Å²) in [6.07, 6.45) is 5.62. The SMILES string of the molecule is CN(c1ccccc1)C1C=CN(C(=O)OC[C@H]2CCC[C@@H](c3cccc(F)c3)N2S(=O)(=O)c2ccc(Cl)cc2)CC1. The van der Waals surface area contributed by atoms with Crippen molar-refractivity contribution in [2.75, 3.05) is 25.1 Å². The molecule has 1 unspecified atom stereocenters. The molecule has 0 bridgehead atoms. The van der Waals surface area contributed by atoms with E-state index < -0.39 is 34.0 Å². The molecule has 3 aromatic carbocycles. The van der Waals surface area contributed by atoms with Crippen LogP contribution in [0.25, 0.3) is 0 Å². The van der Waals surface area contributed by atoms with E-state index in [2.05, 4.69) is 4.90 Å². The summed E-state index contributed by atoms with van der Waals surface area (Å²) in [7, 11) is -2.01. The summed E-state index contributed by atoms with van der Waals surface area (Å²) in [5.41, 5.74) is 1.65. The number of carbonyl (C=O) groups excluding carboxylic acids is 1. The fraction of sp³-hybridized carbons (Fsp3) is 0.323. The zero-order valence-electron chi connectivity index (χ0n) is 22.8. The number of rotatable bonds is 7. The van der Waals surface area contributed by atoms with E-state index in [1.807, 2.05) is 43.5 Å². The van der Waals surface area contributed by atoms with E-state index in [1.165, 1.54) is 45.6 Å². The highest BCUT2D eigenvalue weighted by molar-refractivity contribution is 7.89. The van der Waals surface area contributed by atoms with Crippen molar-refractivity contribution in [3.05, 3.63) is 108 Å². The zero-order valence-corrected chi connectivity index (χ0v) is 24.3. The first-order valence-electron chi connectivity index (χ1n) is 13.7. The topological polar surface area (TPSA) is 70.2 Å². The van der Waals surface area contributed by atoms with E-state index >= 15 is 0 Å². The molecule has 41 heavy (non-hydrogen) atoms. The Kier molecular flexibility index (Phi) is 8.97. The molecule has 216 valence electrons. The fourth-order valence-electron chi connectivity index (χ4n) is 5.56. The summed E-state index contributed by atoms with van der Waals surface area (Å²) >= 11 is 6.01. The van der Waals surface area contributed by atoms with Gasteiger partial charge in [-0.05, 0) is 85.9 Å². The van der Waals surface area contributed by atoms with Crippen molar-refractivity contribution in [3.63, 3.8) is 0 Å². The normalized spacial score (nSPS) is 21.4. The highest BCUT2D eigenvalue weighted by Crippen LogP contribution is 2.39. The number of nitrogens with zero attached hydrogens (tertiary/aromatic N) is 3. The molecule has 1 amide bonds. The lowest BCUT2D eigenvalue weighted by atomic mass is 9.93. The van der Waals surface area contributed by atoms with E-state index in [1.54, 1.807) is 18.3 Å². The third-order valence-electron chi connectivity index (χ3n) is 7.75. The number of anilines is 1. The molecule has 1 fully saturated rings. The van der Waals surface area contributed by atoms with Crippen molar-refractivity contribution < 1.29 is 22.3 Å². The van der Waals surface area contributed by atoms with Gasteiger partial charge in [0.15, 0.2) is 0 Å². The first kappa shape index (κ1) is 29.1. The number of para-hydroxylation sites is 1. The maximum absolute atomic E-state index is 14.2. The van der Waals surface area contributed by atoms with Gasteiger partial charge >= 0.3 is 6.09 Å². The molecule has 0 spiro atoms. The first-order chi connectivity index (χ1) is 19.7. The maximum Gasteiger partial charge on any atom is 0.413 e. The number of hydrogen-bond acceptors (Lipinski definition) is 5. The Hall–Kier alpha value is -3.40. The van der Waals surface area contributed by atoms with Gasteiger partial charge in [-0.1, -0.05) is 41.9 Å². The van der Waals surface area contributed by atoms with Gasteiger partial charge in [0.05, 0.1) is 23.0 Å². The molecule has 2 aliphatic heterocycles. The molecule has 3 aromatic rings. The predicted octanol–water partition coefficient (Wildman–Crippen LogP) is 6.62. The third-order valence-corrected chi connectivity index (χ3v) is 9.98. The van der Waals surface area contributed by atoms with Gasteiger partial charge in [-0.25, -0.2) is 17.6 Å². The summed E-state index contributed by atoms with van der Waals surface area (Å²) < 4.78 is 49.2. The van der Waals surface area contributed by atoms with Crippen LogP contribution in [0.3, 0.4) is 0 Å². The number of benzene rings is 3. The van der Waals surface area contributed by atoms with Gasteiger partial charge in [-0.2, -0.15) is 4.31 Å². The molecule has 0 saturated carbocycles. The van der Waals surface area contributed by atoms with Crippen LogP contribution in [0.1, 0.15) is 37.3 Å². The molecule has 0 radical (unpaired) electrons. The Bertz CT molecular complexity index is 1490. The van der Waals surface area contributed by atoms with Crippen LogP contribution < -0.4 is 4.90 Å². The minimum absolute atomic E-state index is 0.0778. The van der Waals surface area contributed by atoms with Crippen LogP contribution >= 0.6 is 11.6 Å². The Morgan fingerprint density at radius 2 is 1.78 bits per heavy atom. The minimum Gasteiger partial charge on any atom is -0.447 e. The number of piperidine rings is 1. The van der Waals surface area contributed by atoms with Crippen LogP contribution in [-0.4, -0.2) is 56.0 Å². The molecule has 3 atom stereocenters. The first-order valence-corrected chi connectivity index (χ1v) is 15.5. The third kappa shape index (κ3) is 6.58. The Labute approximate surface area is 245 Å². The lowest BCUT2D eigenvalue weighted by Crippen LogP contribution is -2.48. The lowest BCUT2D eigenvalue weighted by molar-refractivity contribution is 0.0689. The highest BCUT2D eigenvalue weighted by Gasteiger charge is 2.41. The van der Waals surface area contributed by atoms with Crippen molar-refractivity contribution >= 4 is 33.4 Å². The second kappa shape index (κ2) is 12.6. The van der Waals surface area contributed by atoms with Gasteiger partial charge < -0.3 is 9.64 Å². The fourth-order valence-corrected chi connectivity index (χ4v) is 7.53. The predicted molar refractivity (Wildman–Crippen MR) is 158 cm³/mol. The van der Waals surface area contributed by atoms with Crippen LogP contribution in [0.2, 0.25) is 5.02 Å². The molecule has 5 rings (SSSR count). The van der Waals surface area contributed by atoms with Crippen LogP contribution in [0.4, 0.5) is 14.9 Å². The van der Waals surface area contributed by atoms with Gasteiger partial charge in [0.25, 0.3) is 0 Å². The summed E-state index contributed by atoms with van der Waals surface area (Å²) in [5, 5.41) is 0.418. The van der Waals surface area contributed by atoms with Gasteiger partial charge in [0.2, 0.25) is 10.0 Å². The monoisotopic (exact) mass is 597 g/mol. The molecular weight excluding hydrogens is 565 g/mol. The summed E-state index contributed by atoms with van der Waals surface area (Å²) in [4.78, 5) is 16.8. The van der Waals surface area contributed by atoms with Crippen molar-refractivity contribution in [1.82, 2.24) is 9.21 Å². The standard InChI is InChI=1S/C31H33ClFN3O4S/c1-34(26-9-3-2-4-10-26)27-17-19-35(20-18-27)31(37)40-22-28-11-6-12-30(23-7-5-8-25(33)21-23)36(28)41(38,39)29-15-13-24(32)14-16-29/h2-5,7-10,13-17,19,21,27-28,30H,6,11-12,18,20,22H2,1H3/t27?,28-,30+/m1/s1. The number of ether oxygens (including phenoxy) is 1. The van der Waals surface area contributed by atoms with E-state index in [9.17, 15) is 17.6 Å². The Balaban J connectivity index is 1.32. The molecular formula is C31H33ClFN3O4S. The Morgan fingerprint density at radius 1 is 1.02 bits per heavy atom. The molecule has 7 nitrogen and oxygen atoms in total. The molecule has 2 heterocycles. The largest absolute Gasteiger partial charge is 0.447 e. The number of amides is 1. The number of carbonyl (C=O) groups is 1. The number of halogens is 2. The van der Waals surface area contributed by atoms with Crippen molar-refractivity contribution in [1.29, 1.82) is 0 Å². The number of hydrogen-bond donors (Lipinski definition) is 0. The average Bonchev–Trinajstić information content (AvgIpc) is 3.00. The van der Waals surface area contributed by atoms with Crippen molar-refractivity contribution in [2.24, 2.45) is 0 Å². The average molecular weight is 598 g/mol. The van der Waals surface area contributed by atoms with E-state index in [0.717, 1.165) is 12.1 Å². The van der Waals surface area contributed by atoms with Crippen LogP contribution in [0.15, 0.2) is 96.0 Å². The van der Waals surface area contributed by atoms with E-state index in [4.69, 9.17) is 16.3 Å². The summed E-state index contributed by atoms with van der Waals surface area (Å²) in [5.74, 6) is -0.437. The molecule has 2 aliphatic rings. The van der Waals surface area contributed by atoms with Crippen molar-refractivity contribution in [2.45, 2.75) is 48.7 Å². The molecule has 0 aromatic heterocycles. The summed E-state index contributed by atoms with van der Waals surface area (Å²) in [6, 6.07) is 20.9. The molecule has 1 saturated heterocycles. The van der Waals surface area contributed by atoms with Gasteiger partial charge in [0, 0.05) is 30.5 Å². The molecule has 10 heteroatoms. The highest BCUT2D eigenvalue weighted by atomic mass is 35.5. The molecule has 0 aliphatic carbocycles. The van der Waals surface area contributed by atoms with E-state index in [-0.39, 0.29) is 17.5 Å².